The highest BCUT2D eigenvalue weighted by atomic mass is 16.6. The van der Waals surface area contributed by atoms with Crippen LogP contribution < -0.4 is 11.1 Å². The minimum atomic E-state index is -0.517. The molecule has 6 heteroatoms. The van der Waals surface area contributed by atoms with Gasteiger partial charge in [0.25, 0.3) is 0 Å². The smallest absolute Gasteiger partial charge is 0.407 e. The summed E-state index contributed by atoms with van der Waals surface area (Å²) in [6.07, 6.45) is 4.72. The molecule has 0 spiro atoms. The van der Waals surface area contributed by atoms with Crippen molar-refractivity contribution in [2.75, 3.05) is 13.1 Å². The average Bonchev–Trinajstić information content (AvgIpc) is 2.83. The van der Waals surface area contributed by atoms with Crippen LogP contribution in [0.4, 0.5) is 4.79 Å². The van der Waals surface area contributed by atoms with E-state index in [9.17, 15) is 4.79 Å². The molecule has 0 radical (unpaired) electrons. The van der Waals surface area contributed by atoms with Gasteiger partial charge in [-0.3, -0.25) is 0 Å². The van der Waals surface area contributed by atoms with Crippen LogP contribution in [0.3, 0.4) is 0 Å². The topological polar surface area (TPSA) is 82.2 Å². The number of carbonyl (C=O) groups excluding carboxylic acids is 1. The number of alkyl carbamates (subject to hydrolysis) is 1. The monoisotopic (exact) mass is 280 g/mol. The number of rotatable bonds is 5. The molecule has 6 nitrogen and oxygen atoms in total. The first-order valence-electron chi connectivity index (χ1n) is 6.54. The van der Waals surface area contributed by atoms with Crippen molar-refractivity contribution >= 4 is 12.3 Å². The standard InChI is InChI=1S/C14H24N4O2/c1-6-18-8-11(7-17-18)14(5,9-15)10-16-12(19)20-13(2,3)4/h6-8H,1,9-10,15H2,2-5H3,(H,16,19). The normalized spacial score (nSPS) is 14.4. The Bertz CT molecular complexity index is 476. The van der Waals surface area contributed by atoms with Crippen LogP contribution in [0.2, 0.25) is 0 Å². The number of ether oxygens (including phenoxy) is 1. The lowest BCUT2D eigenvalue weighted by molar-refractivity contribution is 0.0516. The van der Waals surface area contributed by atoms with Crippen LogP contribution in [-0.4, -0.2) is 34.6 Å². The van der Waals surface area contributed by atoms with Gasteiger partial charge in [-0.1, -0.05) is 13.5 Å². The summed E-state index contributed by atoms with van der Waals surface area (Å²) >= 11 is 0. The molecule has 0 saturated heterocycles. The van der Waals surface area contributed by atoms with E-state index in [-0.39, 0.29) is 0 Å². The number of amides is 1. The van der Waals surface area contributed by atoms with Crippen molar-refractivity contribution in [1.29, 1.82) is 0 Å². The summed E-state index contributed by atoms with van der Waals surface area (Å²) in [4.78, 5) is 11.7. The van der Waals surface area contributed by atoms with Gasteiger partial charge in [0.2, 0.25) is 0 Å². The predicted molar refractivity (Wildman–Crippen MR) is 79.3 cm³/mol. The van der Waals surface area contributed by atoms with Crippen LogP contribution in [0.5, 0.6) is 0 Å². The molecule has 1 aromatic heterocycles. The lowest BCUT2D eigenvalue weighted by atomic mass is 9.84. The van der Waals surface area contributed by atoms with Crippen LogP contribution in [0.25, 0.3) is 6.20 Å². The zero-order valence-corrected chi connectivity index (χ0v) is 12.6. The molecule has 1 rings (SSSR count). The minimum Gasteiger partial charge on any atom is -0.444 e. The molecule has 0 aliphatic rings. The van der Waals surface area contributed by atoms with Gasteiger partial charge in [-0.2, -0.15) is 5.10 Å². The fourth-order valence-electron chi connectivity index (χ4n) is 1.62. The summed E-state index contributed by atoms with van der Waals surface area (Å²) in [5.41, 5.74) is 5.87. The second-order valence-electron chi connectivity index (χ2n) is 6.01. The van der Waals surface area contributed by atoms with E-state index in [4.69, 9.17) is 10.5 Å². The first-order valence-corrected chi connectivity index (χ1v) is 6.54. The van der Waals surface area contributed by atoms with Crippen molar-refractivity contribution in [3.63, 3.8) is 0 Å². The number of carbonyl (C=O) groups is 1. The van der Waals surface area contributed by atoms with Crippen molar-refractivity contribution in [3.05, 3.63) is 24.5 Å². The van der Waals surface area contributed by atoms with E-state index in [1.165, 1.54) is 0 Å². The highest BCUT2D eigenvalue weighted by molar-refractivity contribution is 5.67. The van der Waals surface area contributed by atoms with E-state index < -0.39 is 17.1 Å². The Morgan fingerprint density at radius 2 is 2.20 bits per heavy atom. The van der Waals surface area contributed by atoms with Crippen LogP contribution in [-0.2, 0) is 10.2 Å². The lowest BCUT2D eigenvalue weighted by Crippen LogP contribution is -2.45. The predicted octanol–water partition coefficient (Wildman–Crippen LogP) is 1.72. The van der Waals surface area contributed by atoms with Gasteiger partial charge in [0.05, 0.1) is 6.20 Å². The van der Waals surface area contributed by atoms with Crippen LogP contribution in [0.15, 0.2) is 19.0 Å². The number of hydrogen-bond donors (Lipinski definition) is 2. The molecule has 0 saturated carbocycles. The van der Waals surface area contributed by atoms with Gasteiger partial charge in [0.1, 0.15) is 5.60 Å². The second kappa shape index (κ2) is 6.09. The van der Waals surface area contributed by atoms with E-state index in [2.05, 4.69) is 17.0 Å². The number of nitrogens with one attached hydrogen (secondary N) is 1. The Morgan fingerprint density at radius 1 is 1.55 bits per heavy atom. The Labute approximate surface area is 120 Å². The number of nitrogens with two attached hydrogens (primary N) is 1. The van der Waals surface area contributed by atoms with Crippen molar-refractivity contribution < 1.29 is 9.53 Å². The summed E-state index contributed by atoms with van der Waals surface area (Å²) in [6, 6.07) is 0. The Morgan fingerprint density at radius 3 is 2.65 bits per heavy atom. The third-order valence-electron chi connectivity index (χ3n) is 2.96. The summed E-state index contributed by atoms with van der Waals surface area (Å²) < 4.78 is 6.82. The van der Waals surface area contributed by atoms with Gasteiger partial charge >= 0.3 is 6.09 Å². The first kappa shape index (κ1) is 16.2. The number of hydrogen-bond acceptors (Lipinski definition) is 4. The fourth-order valence-corrected chi connectivity index (χ4v) is 1.62. The highest BCUT2D eigenvalue weighted by Gasteiger charge is 2.28. The van der Waals surface area contributed by atoms with Gasteiger partial charge in [0, 0.05) is 30.9 Å². The third-order valence-corrected chi connectivity index (χ3v) is 2.96. The molecule has 0 aliphatic carbocycles. The SMILES string of the molecule is C=Cn1cc(C(C)(CN)CNC(=O)OC(C)(C)C)cn1. The Balaban J connectivity index is 2.70. The van der Waals surface area contributed by atoms with E-state index in [1.807, 2.05) is 33.9 Å². The second-order valence-corrected chi connectivity index (χ2v) is 6.01. The zero-order valence-electron chi connectivity index (χ0n) is 12.6. The zero-order chi connectivity index (χ0) is 15.4. The summed E-state index contributed by atoms with van der Waals surface area (Å²) in [5, 5.41) is 6.89. The van der Waals surface area contributed by atoms with Crippen molar-refractivity contribution in [3.8, 4) is 0 Å². The molecule has 1 amide bonds. The van der Waals surface area contributed by atoms with Crippen LogP contribution >= 0.6 is 0 Å². The summed E-state index contributed by atoms with van der Waals surface area (Å²) in [6.45, 7) is 11.8. The van der Waals surface area contributed by atoms with E-state index in [0.717, 1.165) is 5.56 Å². The molecule has 1 heterocycles. The van der Waals surface area contributed by atoms with Crippen LogP contribution in [0, 0.1) is 0 Å². The van der Waals surface area contributed by atoms with Gasteiger partial charge in [-0.25, -0.2) is 9.48 Å². The molecule has 112 valence electrons. The number of aromatic nitrogens is 2. The number of nitrogens with zero attached hydrogens (tertiary/aromatic N) is 2. The lowest BCUT2D eigenvalue weighted by Gasteiger charge is -2.28. The summed E-state index contributed by atoms with van der Waals surface area (Å²) in [7, 11) is 0. The molecule has 0 fully saturated rings. The Hall–Kier alpha value is -1.82. The van der Waals surface area contributed by atoms with Gasteiger partial charge < -0.3 is 15.8 Å². The molecular formula is C14H24N4O2. The van der Waals surface area contributed by atoms with Crippen molar-refractivity contribution in [2.24, 2.45) is 5.73 Å². The van der Waals surface area contributed by atoms with Crippen molar-refractivity contribution in [1.82, 2.24) is 15.1 Å². The first-order chi connectivity index (χ1) is 9.20. The fraction of sp³-hybridized carbons (Fsp3) is 0.571. The Kier molecular flexibility index (Phi) is 4.94. The molecule has 0 aromatic carbocycles. The molecule has 1 unspecified atom stereocenters. The molecule has 1 atom stereocenters. The van der Waals surface area contributed by atoms with E-state index in [1.54, 1.807) is 17.1 Å². The van der Waals surface area contributed by atoms with Crippen molar-refractivity contribution in [2.45, 2.75) is 38.7 Å². The maximum Gasteiger partial charge on any atom is 0.407 e. The third kappa shape index (κ3) is 4.38. The quantitative estimate of drug-likeness (QED) is 0.860. The average molecular weight is 280 g/mol. The van der Waals surface area contributed by atoms with E-state index in [0.29, 0.717) is 13.1 Å². The molecule has 0 bridgehead atoms. The van der Waals surface area contributed by atoms with Crippen LogP contribution in [0.1, 0.15) is 33.3 Å². The molecule has 3 N–H and O–H groups in total. The minimum absolute atomic E-state index is 0.376. The van der Waals surface area contributed by atoms with Gasteiger partial charge in [0.15, 0.2) is 0 Å². The molecule has 0 aliphatic heterocycles. The molecule has 20 heavy (non-hydrogen) atoms. The largest absolute Gasteiger partial charge is 0.444 e. The maximum atomic E-state index is 11.7. The summed E-state index contributed by atoms with van der Waals surface area (Å²) in [5.74, 6) is 0. The highest BCUT2D eigenvalue weighted by Crippen LogP contribution is 2.21. The molecular weight excluding hydrogens is 256 g/mol. The van der Waals surface area contributed by atoms with Gasteiger partial charge in [-0.15, -0.1) is 0 Å². The molecule has 1 aromatic rings. The van der Waals surface area contributed by atoms with E-state index >= 15 is 0 Å². The van der Waals surface area contributed by atoms with Gasteiger partial charge in [-0.05, 0) is 26.3 Å². The maximum absolute atomic E-state index is 11.7.